The molecule has 0 bridgehead atoms. The molecule has 4 heterocycles. The lowest BCUT2D eigenvalue weighted by molar-refractivity contribution is -0.128. The van der Waals surface area contributed by atoms with Crippen LogP contribution in [0, 0.1) is 12.3 Å². The Morgan fingerprint density at radius 1 is 1.20 bits per heavy atom. The second kappa shape index (κ2) is 7.44. The molecular weight excluding hydrogens is 402 g/mol. The summed E-state index contributed by atoms with van der Waals surface area (Å²) in [6.07, 6.45) is 3.63. The van der Waals surface area contributed by atoms with E-state index in [2.05, 4.69) is 9.27 Å². The molecule has 1 aromatic heterocycles. The maximum atomic E-state index is 13.1. The van der Waals surface area contributed by atoms with Gasteiger partial charge in [0, 0.05) is 24.8 Å². The van der Waals surface area contributed by atoms with Gasteiger partial charge in [-0.25, -0.2) is 4.79 Å². The number of hydrogen-bond donors (Lipinski definition) is 1. The maximum Gasteiger partial charge on any atom is 0.338 e. The van der Waals surface area contributed by atoms with Gasteiger partial charge in [-0.1, -0.05) is 6.07 Å². The number of aromatic nitrogens is 1. The highest BCUT2D eigenvalue weighted by molar-refractivity contribution is 7.10. The molecule has 2 aromatic rings. The van der Waals surface area contributed by atoms with Crippen molar-refractivity contribution in [2.45, 2.75) is 38.9 Å². The smallest absolute Gasteiger partial charge is 0.338 e. The molecule has 1 aromatic carbocycles. The first-order valence-corrected chi connectivity index (χ1v) is 11.2. The van der Waals surface area contributed by atoms with Crippen LogP contribution in [-0.4, -0.2) is 52.4 Å². The highest BCUT2D eigenvalue weighted by Gasteiger charge is 2.48. The van der Waals surface area contributed by atoms with Gasteiger partial charge >= 0.3 is 5.97 Å². The molecule has 0 aliphatic carbocycles. The van der Waals surface area contributed by atoms with E-state index in [0.717, 1.165) is 60.6 Å². The lowest BCUT2D eigenvalue weighted by Gasteiger charge is -2.38. The number of piperidine rings is 1. The molecule has 2 saturated heterocycles. The number of aliphatic hydroxyl groups is 1. The third-order valence-corrected chi connectivity index (χ3v) is 7.78. The van der Waals surface area contributed by atoms with Gasteiger partial charge in [-0.05, 0) is 74.1 Å². The highest BCUT2D eigenvalue weighted by Crippen LogP contribution is 2.44. The van der Waals surface area contributed by atoms with E-state index < -0.39 is 6.10 Å². The molecule has 2 fully saturated rings. The van der Waals surface area contributed by atoms with Crippen LogP contribution in [0.5, 0.6) is 0 Å². The van der Waals surface area contributed by atoms with Crippen molar-refractivity contribution in [3.05, 3.63) is 46.6 Å². The number of nitrogens with zero attached hydrogens (tertiary/aromatic N) is 3. The molecule has 1 unspecified atom stereocenters. The number of β-amino-alcohol motifs (C(OH)–C–C–N with tert-alkyl or cyclic N) is 1. The Balaban J connectivity index is 1.23. The van der Waals surface area contributed by atoms with Gasteiger partial charge < -0.3 is 19.6 Å². The molecule has 1 spiro atoms. The second-order valence-electron chi connectivity index (χ2n) is 8.54. The molecule has 1 amide bonds. The first kappa shape index (κ1) is 19.7. The van der Waals surface area contributed by atoms with Crippen molar-refractivity contribution < 1.29 is 19.4 Å². The van der Waals surface area contributed by atoms with E-state index in [9.17, 15) is 14.7 Å². The molecule has 1 atom stereocenters. The Bertz CT molecular complexity index is 983. The Morgan fingerprint density at radius 2 is 1.97 bits per heavy atom. The van der Waals surface area contributed by atoms with Gasteiger partial charge in [0.1, 0.15) is 11.6 Å². The van der Waals surface area contributed by atoms with Crippen molar-refractivity contribution >= 4 is 28.4 Å². The normalized spacial score (nSPS) is 21.9. The van der Waals surface area contributed by atoms with E-state index in [1.54, 1.807) is 12.3 Å². The Kier molecular flexibility index (Phi) is 4.88. The number of fused-ring (bicyclic) bond motifs is 1. The minimum Gasteiger partial charge on any atom is -0.457 e. The van der Waals surface area contributed by atoms with Crippen molar-refractivity contribution in [3.8, 4) is 0 Å². The average molecular weight is 428 g/mol. The van der Waals surface area contributed by atoms with Gasteiger partial charge in [-0.3, -0.25) is 4.79 Å². The summed E-state index contributed by atoms with van der Waals surface area (Å²) < 4.78 is 9.24. The number of anilines is 1. The van der Waals surface area contributed by atoms with Crippen LogP contribution in [0.1, 0.15) is 52.4 Å². The lowest BCUT2D eigenvalue weighted by atomic mass is 9.77. The molecule has 0 radical (unpaired) electrons. The van der Waals surface area contributed by atoms with Gasteiger partial charge in [0.25, 0.3) is 0 Å². The quantitative estimate of drug-likeness (QED) is 0.756. The minimum atomic E-state index is -0.631. The number of esters is 1. The van der Waals surface area contributed by atoms with E-state index >= 15 is 0 Å². The van der Waals surface area contributed by atoms with Crippen molar-refractivity contribution in [1.29, 1.82) is 0 Å². The van der Waals surface area contributed by atoms with Crippen LogP contribution in [0.2, 0.25) is 0 Å². The standard InChI is InChI=1S/C22H25N3O4S/c1-14-15(2-3-16-17(14)13-29-20(16)27)18(26)12-24-9-5-22(6-10-24)7-11-25(21(22)28)19-4-8-23-30-19/h2-4,8,18,26H,5-7,9-13H2,1H3. The summed E-state index contributed by atoms with van der Waals surface area (Å²) >= 11 is 1.37. The Hall–Kier alpha value is -2.29. The van der Waals surface area contributed by atoms with Crippen LogP contribution < -0.4 is 4.90 Å². The van der Waals surface area contributed by atoms with E-state index in [1.165, 1.54) is 11.5 Å². The van der Waals surface area contributed by atoms with E-state index in [4.69, 9.17) is 4.74 Å². The molecule has 158 valence electrons. The number of ether oxygens (including phenoxy) is 1. The minimum absolute atomic E-state index is 0.228. The monoisotopic (exact) mass is 427 g/mol. The van der Waals surface area contributed by atoms with E-state index in [-0.39, 0.29) is 23.9 Å². The first-order chi connectivity index (χ1) is 14.5. The van der Waals surface area contributed by atoms with Crippen LogP contribution in [0.25, 0.3) is 0 Å². The second-order valence-corrected chi connectivity index (χ2v) is 9.35. The zero-order valence-electron chi connectivity index (χ0n) is 17.0. The van der Waals surface area contributed by atoms with Crippen molar-refractivity contribution in [1.82, 2.24) is 9.27 Å². The third-order valence-electron chi connectivity index (χ3n) is 7.01. The number of amides is 1. The first-order valence-electron chi connectivity index (χ1n) is 10.4. The molecule has 7 nitrogen and oxygen atoms in total. The number of carbonyl (C=O) groups excluding carboxylic acids is 2. The molecule has 0 saturated carbocycles. The van der Waals surface area contributed by atoms with Crippen LogP contribution in [0.4, 0.5) is 5.00 Å². The van der Waals surface area contributed by atoms with Crippen LogP contribution in [0.3, 0.4) is 0 Å². The summed E-state index contributed by atoms with van der Waals surface area (Å²) in [6.45, 7) is 5.10. The summed E-state index contributed by atoms with van der Waals surface area (Å²) in [6, 6.07) is 5.50. The van der Waals surface area contributed by atoms with E-state index in [1.807, 2.05) is 24.0 Å². The van der Waals surface area contributed by atoms with Crippen molar-refractivity contribution in [2.75, 3.05) is 31.1 Å². The molecule has 5 rings (SSSR count). The van der Waals surface area contributed by atoms with Crippen LogP contribution in [-0.2, 0) is 16.1 Å². The molecule has 3 aliphatic heterocycles. The molecule has 3 aliphatic rings. The fraction of sp³-hybridized carbons (Fsp3) is 0.500. The van der Waals surface area contributed by atoms with Gasteiger partial charge in [0.05, 0.1) is 17.1 Å². The number of likely N-dealkylation sites (tertiary alicyclic amines) is 1. The Morgan fingerprint density at radius 3 is 2.70 bits per heavy atom. The third kappa shape index (κ3) is 3.14. The summed E-state index contributed by atoms with van der Waals surface area (Å²) in [4.78, 5) is 29.0. The van der Waals surface area contributed by atoms with Crippen LogP contribution in [0.15, 0.2) is 24.4 Å². The molecule has 8 heteroatoms. The fourth-order valence-corrected chi connectivity index (χ4v) is 5.70. The fourth-order valence-electron chi connectivity index (χ4n) is 5.08. The number of rotatable bonds is 4. The van der Waals surface area contributed by atoms with Gasteiger partial charge in [0.15, 0.2) is 0 Å². The van der Waals surface area contributed by atoms with Crippen molar-refractivity contribution in [2.24, 2.45) is 5.41 Å². The van der Waals surface area contributed by atoms with Gasteiger partial charge in [0.2, 0.25) is 5.91 Å². The van der Waals surface area contributed by atoms with Gasteiger partial charge in [-0.2, -0.15) is 4.37 Å². The number of hydrogen-bond acceptors (Lipinski definition) is 7. The lowest BCUT2D eigenvalue weighted by Crippen LogP contribution is -2.45. The highest BCUT2D eigenvalue weighted by atomic mass is 32.1. The zero-order chi connectivity index (χ0) is 20.9. The van der Waals surface area contributed by atoms with Crippen molar-refractivity contribution in [3.63, 3.8) is 0 Å². The largest absolute Gasteiger partial charge is 0.457 e. The number of benzene rings is 1. The Labute approximate surface area is 179 Å². The van der Waals surface area contributed by atoms with Gasteiger partial charge in [-0.15, -0.1) is 0 Å². The molecule has 30 heavy (non-hydrogen) atoms. The summed E-state index contributed by atoms with van der Waals surface area (Å²) in [5, 5.41) is 11.8. The predicted octanol–water partition coefficient (Wildman–Crippen LogP) is 2.67. The topological polar surface area (TPSA) is 83.0 Å². The number of carbonyl (C=O) groups is 2. The summed E-state index contributed by atoms with van der Waals surface area (Å²) in [5.74, 6) is -0.0600. The molecular formula is C22H25N3O4S. The maximum absolute atomic E-state index is 13.1. The average Bonchev–Trinajstić information content (AvgIpc) is 3.46. The molecule has 1 N–H and O–H groups in total. The SMILES string of the molecule is Cc1c(C(O)CN2CCC3(CC2)CCN(c2ccns2)C3=O)ccc2c1COC2=O. The number of cyclic esters (lactones) is 1. The summed E-state index contributed by atoms with van der Waals surface area (Å²) in [7, 11) is 0. The van der Waals surface area contributed by atoms with Crippen LogP contribution >= 0.6 is 11.5 Å². The predicted molar refractivity (Wildman–Crippen MR) is 112 cm³/mol. The summed E-state index contributed by atoms with van der Waals surface area (Å²) in [5.41, 5.74) is 3.00. The zero-order valence-corrected chi connectivity index (χ0v) is 17.8. The van der Waals surface area contributed by atoms with E-state index in [0.29, 0.717) is 12.1 Å². The number of aliphatic hydroxyl groups excluding tert-OH is 1.